The highest BCUT2D eigenvalue weighted by molar-refractivity contribution is 6.40. The fourth-order valence-corrected chi connectivity index (χ4v) is 4.88. The molecule has 0 saturated heterocycles. The molecule has 0 amide bonds. The van der Waals surface area contributed by atoms with E-state index in [9.17, 15) is 28.8 Å². The Morgan fingerprint density at radius 3 is 1.64 bits per heavy atom. The molecule has 0 fully saturated rings. The van der Waals surface area contributed by atoms with Crippen LogP contribution in [0.25, 0.3) is 0 Å². The third-order valence-corrected chi connectivity index (χ3v) is 7.17. The lowest BCUT2D eigenvalue weighted by molar-refractivity contribution is -0.118. The molecule has 50 heavy (non-hydrogen) atoms. The molecule has 2 aromatic carbocycles. The van der Waals surface area contributed by atoms with E-state index in [4.69, 9.17) is 63.7 Å². The summed E-state index contributed by atoms with van der Waals surface area (Å²) in [6, 6.07) is 16.2. The minimum absolute atomic E-state index is 0.0216. The monoisotopic (exact) mass is 790 g/mol. The van der Waals surface area contributed by atoms with Gasteiger partial charge in [-0.3, -0.25) is 38.3 Å². The standard InChI is InChI=1S/C16H18ClN3O3.C10H12ClNO.C6H7ClN2O2.CH2Cl2/c1-3-20-15(22)9-14(19-16(20)23)18-13(7-10(2)21)11-5-4-6-12(17)8-11;1-7(13)5-10(12)8-3-2-4-9(11)6-8;1-2-9-5(10)3-4(7)8-6(9)11;2-1-3/h4-6,8-9,13,18H,3,7H2,1-2H3,(H,19,23);2-4,6,10H,5,12H2,1H3;3H,2H2,1H3,(H,8,11);1H2/t13-;10-;;/m11../s1. The maximum absolute atomic E-state index is 11.9. The number of halogens is 5. The van der Waals surface area contributed by atoms with Crippen LogP contribution in [0.15, 0.2) is 79.8 Å². The summed E-state index contributed by atoms with van der Waals surface area (Å²) in [4.78, 5) is 72.9. The van der Waals surface area contributed by atoms with Gasteiger partial charge < -0.3 is 11.1 Å². The topological polar surface area (TPSA) is 182 Å². The maximum Gasteiger partial charge on any atom is 0.329 e. The molecule has 17 heteroatoms. The van der Waals surface area contributed by atoms with Gasteiger partial charge in [-0.15, -0.1) is 23.2 Å². The van der Waals surface area contributed by atoms with Crippen LogP contribution in [-0.4, -0.2) is 36.0 Å². The molecule has 2 atom stereocenters. The summed E-state index contributed by atoms with van der Waals surface area (Å²) in [5.41, 5.74) is 5.76. The molecule has 2 heterocycles. The van der Waals surface area contributed by atoms with Gasteiger partial charge in [0.2, 0.25) is 0 Å². The third kappa shape index (κ3) is 15.9. The van der Waals surface area contributed by atoms with Crippen molar-refractivity contribution < 1.29 is 9.59 Å². The molecule has 0 spiro atoms. The molecule has 2 aromatic heterocycles. The van der Waals surface area contributed by atoms with Crippen LogP contribution < -0.4 is 33.5 Å². The second-order valence-corrected chi connectivity index (χ2v) is 12.5. The van der Waals surface area contributed by atoms with Gasteiger partial charge in [0, 0.05) is 54.2 Å². The Kier molecular flexibility index (Phi) is 20.4. The van der Waals surface area contributed by atoms with Crippen LogP contribution in [0.5, 0.6) is 0 Å². The highest BCUT2D eigenvalue weighted by atomic mass is 35.5. The van der Waals surface area contributed by atoms with E-state index in [1.54, 1.807) is 44.2 Å². The lowest BCUT2D eigenvalue weighted by Crippen LogP contribution is -2.34. The fraction of sp³-hybridized carbons (Fsp3) is 0.333. The molecule has 0 aliphatic heterocycles. The number of H-pyrrole nitrogens is 2. The van der Waals surface area contributed by atoms with Gasteiger partial charge in [-0.2, -0.15) is 0 Å². The van der Waals surface area contributed by atoms with Gasteiger partial charge >= 0.3 is 11.4 Å². The SMILES string of the molecule is CC(=O)C[C@@H](N)c1cccc(Cl)c1.CCn1c(=O)cc(Cl)[nH]c1=O.CCn1c(=O)cc(N[C@H](CC(C)=O)c2cccc(Cl)c2)[nH]c1=O.ClCCl. The number of carbonyl (C=O) groups is 2. The van der Waals surface area contributed by atoms with Crippen molar-refractivity contribution >= 4 is 75.4 Å². The predicted octanol–water partition coefficient (Wildman–Crippen LogP) is 6.29. The highest BCUT2D eigenvalue weighted by Crippen LogP contribution is 2.24. The van der Waals surface area contributed by atoms with E-state index < -0.39 is 23.0 Å². The Balaban J connectivity index is 0.000000391. The first kappa shape index (κ1) is 44.4. The normalized spacial score (nSPS) is 11.3. The smallest absolute Gasteiger partial charge is 0.329 e. The number of aromatic amines is 2. The Hall–Kier alpha value is -3.65. The number of nitrogens with one attached hydrogen (secondary N) is 3. The van der Waals surface area contributed by atoms with Crippen molar-refractivity contribution in [2.45, 2.75) is 65.7 Å². The summed E-state index contributed by atoms with van der Waals surface area (Å²) in [5, 5.41) is 4.51. The minimum Gasteiger partial charge on any atom is -0.364 e. The first-order chi connectivity index (χ1) is 23.6. The summed E-state index contributed by atoms with van der Waals surface area (Å²) < 4.78 is 2.15. The lowest BCUT2D eigenvalue weighted by Gasteiger charge is -2.19. The van der Waals surface area contributed by atoms with Crippen LogP contribution in [0.1, 0.15) is 63.7 Å². The Bertz CT molecular complexity index is 1880. The summed E-state index contributed by atoms with van der Waals surface area (Å²) in [5.74, 6) is 0.343. The maximum atomic E-state index is 11.9. The van der Waals surface area contributed by atoms with Crippen molar-refractivity contribution in [2.24, 2.45) is 5.73 Å². The van der Waals surface area contributed by atoms with E-state index in [0.717, 1.165) is 20.3 Å². The van der Waals surface area contributed by atoms with Crippen molar-refractivity contribution in [1.82, 2.24) is 19.1 Å². The summed E-state index contributed by atoms with van der Waals surface area (Å²) in [6.07, 6.45) is 0.569. The Morgan fingerprint density at radius 1 is 0.740 bits per heavy atom. The number of hydrogen-bond acceptors (Lipinski definition) is 8. The van der Waals surface area contributed by atoms with Gasteiger partial charge in [-0.25, -0.2) is 9.59 Å². The molecular formula is C33H39Cl5N6O6. The first-order valence-corrected chi connectivity index (χ1v) is 17.2. The molecule has 0 unspecified atom stereocenters. The number of hydrogen-bond donors (Lipinski definition) is 4. The van der Waals surface area contributed by atoms with E-state index >= 15 is 0 Å². The number of carbonyl (C=O) groups excluding carboxylic acids is 2. The van der Waals surface area contributed by atoms with Gasteiger partial charge in [0.05, 0.1) is 11.4 Å². The van der Waals surface area contributed by atoms with Crippen LogP contribution in [-0.2, 0) is 22.7 Å². The average molecular weight is 793 g/mol. The molecule has 272 valence electrons. The lowest BCUT2D eigenvalue weighted by atomic mass is 10.0. The van der Waals surface area contributed by atoms with Gasteiger partial charge in [0.1, 0.15) is 22.5 Å². The first-order valence-electron chi connectivity index (χ1n) is 15.0. The number of benzene rings is 2. The molecule has 0 radical (unpaired) electrons. The zero-order valence-corrected chi connectivity index (χ0v) is 31.6. The number of aromatic nitrogens is 4. The molecule has 4 aromatic rings. The molecule has 5 N–H and O–H groups in total. The zero-order valence-electron chi connectivity index (χ0n) is 27.8. The molecule has 12 nitrogen and oxygen atoms in total. The second kappa shape index (κ2) is 22.9. The van der Waals surface area contributed by atoms with E-state index in [2.05, 4.69) is 15.3 Å². The van der Waals surface area contributed by atoms with Crippen molar-refractivity contribution in [1.29, 1.82) is 0 Å². The van der Waals surface area contributed by atoms with Gasteiger partial charge in [-0.1, -0.05) is 59.1 Å². The van der Waals surface area contributed by atoms with E-state index in [1.807, 2.05) is 18.2 Å². The molecule has 0 bridgehead atoms. The number of anilines is 1. The largest absolute Gasteiger partial charge is 0.364 e. The summed E-state index contributed by atoms with van der Waals surface area (Å²) >= 11 is 26.7. The van der Waals surface area contributed by atoms with E-state index in [1.165, 1.54) is 26.0 Å². The summed E-state index contributed by atoms with van der Waals surface area (Å²) in [7, 11) is 0. The minimum atomic E-state index is -0.491. The van der Waals surface area contributed by atoms with Crippen molar-refractivity contribution in [3.05, 3.63) is 129 Å². The van der Waals surface area contributed by atoms with Crippen LogP contribution in [0, 0.1) is 0 Å². The van der Waals surface area contributed by atoms with Crippen LogP contribution >= 0.6 is 58.0 Å². The fourth-order valence-electron chi connectivity index (χ4n) is 4.30. The quantitative estimate of drug-likeness (QED) is 0.107. The number of alkyl halides is 2. The van der Waals surface area contributed by atoms with Crippen molar-refractivity contribution in [3.8, 4) is 0 Å². The van der Waals surface area contributed by atoms with Crippen LogP contribution in [0.2, 0.25) is 15.2 Å². The average Bonchev–Trinajstić information content (AvgIpc) is 3.01. The van der Waals surface area contributed by atoms with E-state index in [0.29, 0.717) is 29.6 Å². The number of rotatable bonds is 10. The highest BCUT2D eigenvalue weighted by Gasteiger charge is 2.16. The van der Waals surface area contributed by atoms with E-state index in [-0.39, 0.29) is 45.9 Å². The molecule has 0 aliphatic rings. The Labute approximate surface area is 313 Å². The van der Waals surface area contributed by atoms with Gasteiger partial charge in [0.25, 0.3) is 11.1 Å². The van der Waals surface area contributed by atoms with Crippen LogP contribution in [0.4, 0.5) is 5.82 Å². The summed E-state index contributed by atoms with van der Waals surface area (Å²) in [6.45, 7) is 7.09. The predicted molar refractivity (Wildman–Crippen MR) is 202 cm³/mol. The van der Waals surface area contributed by atoms with Gasteiger partial charge in [0.15, 0.2) is 0 Å². The third-order valence-electron chi connectivity index (χ3n) is 6.50. The van der Waals surface area contributed by atoms with Crippen LogP contribution in [0.3, 0.4) is 0 Å². The molecular weight excluding hydrogens is 754 g/mol. The zero-order chi connectivity index (χ0) is 38.0. The van der Waals surface area contributed by atoms with Crippen molar-refractivity contribution in [2.75, 3.05) is 10.7 Å². The number of nitrogens with zero attached hydrogens (tertiary/aromatic N) is 2. The van der Waals surface area contributed by atoms with Gasteiger partial charge in [-0.05, 0) is 63.1 Å². The molecule has 4 rings (SSSR count). The molecule has 0 aliphatic carbocycles. The van der Waals surface area contributed by atoms with Crippen molar-refractivity contribution in [3.63, 3.8) is 0 Å². The molecule has 0 saturated carbocycles. The number of ketones is 2. The Morgan fingerprint density at radius 2 is 1.20 bits per heavy atom. The number of Topliss-reactive ketones (excluding diaryl/α,β-unsaturated/α-hetero) is 2. The number of nitrogens with two attached hydrogens (primary N) is 1. The second-order valence-electron chi connectivity index (χ2n) is 10.4.